The van der Waals surface area contributed by atoms with Gasteiger partial charge in [0.2, 0.25) is 0 Å². The van der Waals surface area contributed by atoms with Gasteiger partial charge < -0.3 is 4.74 Å². The Hall–Kier alpha value is -14.6. The first kappa shape index (κ1) is 82.7. The van der Waals surface area contributed by atoms with Crippen LogP contribution in [0.15, 0.2) is 227 Å². The summed E-state index contributed by atoms with van der Waals surface area (Å²) in [6.07, 6.45) is 49.6. The lowest BCUT2D eigenvalue weighted by molar-refractivity contribution is -0.153. The van der Waals surface area contributed by atoms with Gasteiger partial charge in [0.15, 0.2) is 18.2 Å². The predicted octanol–water partition coefficient (Wildman–Crippen LogP) is 21.1. The van der Waals surface area contributed by atoms with Crippen molar-refractivity contribution in [3.63, 3.8) is 0 Å². The average molecular weight is 1670 g/mol. The fourth-order valence-corrected chi connectivity index (χ4v) is 16.6. The van der Waals surface area contributed by atoms with Gasteiger partial charge >= 0.3 is 6.18 Å². The first-order valence-electron chi connectivity index (χ1n) is 42.1. The van der Waals surface area contributed by atoms with Crippen molar-refractivity contribution in [1.29, 1.82) is 21.0 Å². The normalized spacial score (nSPS) is 17.0. The summed E-state index contributed by atoms with van der Waals surface area (Å²) in [6, 6.07) is 38.6. The molecular formula is C97H87F5N22O. The van der Waals surface area contributed by atoms with Crippen LogP contribution in [-0.4, -0.2) is 107 Å². The van der Waals surface area contributed by atoms with Crippen molar-refractivity contribution in [2.45, 2.75) is 130 Å². The minimum Gasteiger partial charge on any atom is -0.481 e. The number of ether oxygens (including phenoxy) is 1. The number of alkyl halides is 4. The smallest absolute Gasteiger partial charge is 0.422 e. The van der Waals surface area contributed by atoms with Gasteiger partial charge in [-0.15, -0.1) is 0 Å². The molecule has 125 heavy (non-hydrogen) atoms. The summed E-state index contributed by atoms with van der Waals surface area (Å²) in [7, 11) is 0. The van der Waals surface area contributed by atoms with Crippen molar-refractivity contribution in [2.75, 3.05) is 13.3 Å². The van der Waals surface area contributed by atoms with E-state index in [1.807, 2.05) is 92.2 Å². The van der Waals surface area contributed by atoms with E-state index < -0.39 is 31.0 Å². The second-order valence-electron chi connectivity index (χ2n) is 32.5. The number of benzene rings is 4. The van der Waals surface area contributed by atoms with E-state index in [0.717, 1.165) is 190 Å². The molecule has 15 aromatic rings. The number of fused-ring (bicyclic) bond motifs is 4. The van der Waals surface area contributed by atoms with E-state index in [2.05, 4.69) is 184 Å². The molecule has 4 unspecified atom stereocenters. The van der Waals surface area contributed by atoms with Gasteiger partial charge in [-0.25, -0.2) is 26.8 Å². The summed E-state index contributed by atoms with van der Waals surface area (Å²) in [5.41, 5.74) is 25.9. The van der Waals surface area contributed by atoms with Crippen molar-refractivity contribution in [1.82, 2.24) is 87.7 Å². The molecule has 11 aromatic heterocycles. The van der Waals surface area contributed by atoms with E-state index in [4.69, 9.17) is 15.2 Å². The monoisotopic (exact) mass is 1670 g/mol. The Bertz CT molecular complexity index is 6530. The van der Waals surface area contributed by atoms with Crippen LogP contribution in [0, 0.1) is 86.6 Å². The molecule has 0 aliphatic heterocycles. The van der Waals surface area contributed by atoms with Gasteiger partial charge in [0.05, 0.1) is 143 Å². The van der Waals surface area contributed by atoms with Gasteiger partial charge in [0.1, 0.15) is 6.67 Å². The molecule has 626 valence electrons. The first-order chi connectivity index (χ1) is 61.0. The number of hydrogen-bond donors (Lipinski definition) is 0. The Balaban J connectivity index is 0.000000118. The minimum atomic E-state index is -4.55. The lowest BCUT2D eigenvalue weighted by atomic mass is 9.88. The second kappa shape index (κ2) is 37.0. The van der Waals surface area contributed by atoms with E-state index in [-0.39, 0.29) is 30.2 Å². The lowest BCUT2D eigenvalue weighted by Crippen LogP contribution is -2.19. The zero-order valence-electron chi connectivity index (χ0n) is 68.9. The van der Waals surface area contributed by atoms with Crippen molar-refractivity contribution < 1.29 is 26.7 Å². The molecule has 20 rings (SSSR count). The van der Waals surface area contributed by atoms with E-state index in [1.165, 1.54) is 47.3 Å². The highest BCUT2D eigenvalue weighted by molar-refractivity contribution is 5.93. The summed E-state index contributed by atoms with van der Waals surface area (Å²) in [6.45, 7) is 4.61. The lowest BCUT2D eigenvalue weighted by Gasteiger charge is -2.17. The fraction of sp³-hybridized carbons (Fsp3) is 0.289. The van der Waals surface area contributed by atoms with Gasteiger partial charge in [-0.1, -0.05) is 117 Å². The number of nitrogens with zero attached hydrogens (tertiary/aromatic N) is 22. The van der Waals surface area contributed by atoms with Crippen LogP contribution in [-0.2, 0) is 19.6 Å². The number of halogens is 5. The minimum absolute atomic E-state index is 0.0174. The maximum absolute atomic E-state index is 14.4. The second-order valence-corrected chi connectivity index (χ2v) is 32.5. The molecule has 11 heterocycles. The zero-order valence-corrected chi connectivity index (χ0v) is 68.9. The molecule has 0 bridgehead atoms. The maximum Gasteiger partial charge on any atom is 0.422 e. The molecule has 1 saturated carbocycles. The molecule has 0 saturated heterocycles. The van der Waals surface area contributed by atoms with Crippen LogP contribution < -0.4 is 4.74 Å². The third-order valence-electron chi connectivity index (χ3n) is 23.4. The van der Waals surface area contributed by atoms with E-state index in [9.17, 15) is 37.7 Å². The molecule has 4 aromatic carbocycles. The Labute approximate surface area is 717 Å². The third-order valence-corrected chi connectivity index (χ3v) is 23.4. The molecule has 23 nitrogen and oxygen atoms in total. The fourth-order valence-electron chi connectivity index (χ4n) is 16.6. The Morgan fingerprint density at radius 2 is 0.736 bits per heavy atom. The first-order valence-corrected chi connectivity index (χ1v) is 42.1. The van der Waals surface area contributed by atoms with Crippen molar-refractivity contribution >= 4 is 44.4 Å². The highest BCUT2D eigenvalue weighted by Crippen LogP contribution is 2.42. The number of aromatic nitrogens is 18. The quantitative estimate of drug-likeness (QED) is 0.0680. The van der Waals surface area contributed by atoms with E-state index >= 15 is 0 Å². The SMILES string of the molecule is CC(C)Cn1cc(-c2ccc(-c3cnn4ccnc(C5=CCC(C#N)CC5)c34)cc2)cn1.N#CC1CC=C(c2nccn3ncc(-c4ccc(-c5cnn(CC6CC6)c5)cc4)c23)CC1.N#CC1CC=C(c2nccn3ncc(-c4ccc(-c5cnn(CCF)c5)cc4)c23)CC1.N#CC1CC=C(c2nccn3ncc(-c4ccc(OCC(F)(F)F)c(F)c4)c23)CC1. The third kappa shape index (κ3) is 18.7. The number of rotatable bonds is 19. The predicted molar refractivity (Wildman–Crippen MR) is 466 cm³/mol. The van der Waals surface area contributed by atoms with Gasteiger partial charge in [-0.05, 0) is 175 Å². The molecule has 0 spiro atoms. The average Bonchev–Trinajstić information content (AvgIpc) is 1.65. The molecule has 28 heteroatoms. The van der Waals surface area contributed by atoms with Crippen molar-refractivity contribution in [3.8, 4) is 108 Å². The van der Waals surface area contributed by atoms with Crippen LogP contribution >= 0.6 is 0 Å². The summed E-state index contributed by atoms with van der Waals surface area (Å²) in [4.78, 5) is 18.6. The largest absolute Gasteiger partial charge is 0.481 e. The Morgan fingerprint density at radius 3 is 1.06 bits per heavy atom. The zero-order chi connectivity index (χ0) is 86.1. The molecule has 5 aliphatic rings. The molecule has 0 N–H and O–H groups in total. The molecule has 0 amide bonds. The molecule has 0 radical (unpaired) electrons. The van der Waals surface area contributed by atoms with Crippen LogP contribution in [0.4, 0.5) is 22.0 Å². The molecular weight excluding hydrogens is 1580 g/mol. The summed E-state index contributed by atoms with van der Waals surface area (Å²) < 4.78 is 81.4. The van der Waals surface area contributed by atoms with Crippen LogP contribution in [0.25, 0.3) is 122 Å². The van der Waals surface area contributed by atoms with E-state index in [1.54, 1.807) is 52.6 Å². The van der Waals surface area contributed by atoms with Crippen LogP contribution in [0.1, 0.15) is 127 Å². The Kier molecular flexibility index (Phi) is 24.5. The molecule has 5 aliphatic carbocycles. The standard InChI is InChI=1S/C26H24N6.C26H26N6.C24H21FN6.C21H16F4N4O/c27-13-18-3-5-22(6-4-18)25-26-24(15-30-32(26)12-11-28-25)21-9-7-20(8-10-21)23-14-29-31(17-23)16-19-1-2-19;1-18(2)16-31-17-23(14-29-31)20-7-9-21(10-8-20)24-15-30-32-12-11-28-25(26(24)32)22-5-3-19(13-27)4-6-22;25-9-11-30-16-21(14-28-30)18-5-7-19(8-6-18)22-15-29-31-12-10-27-23(24(22)31)20-3-1-17(13-26)2-4-20;22-17-9-15(5-6-18(17)30-12-21(23,24)25)16-11-28-29-8-7-27-19(20(16)29)14-3-1-13(10-26)2-4-14/h5,7-12,14-15,17-19H,1-4,6,16H2;5,7-12,14-15,17-19H,3-4,6,16H2,1-2H3;3,5-8,10,12,14-17H,1-2,4,9,11H2;3,5-9,11,13H,1-2,4,12H2. The number of hydrogen-bond acceptors (Lipinski definition) is 16. The van der Waals surface area contributed by atoms with Crippen LogP contribution in [0.2, 0.25) is 0 Å². The van der Waals surface area contributed by atoms with Crippen molar-refractivity contribution in [3.05, 3.63) is 255 Å². The highest BCUT2D eigenvalue weighted by Gasteiger charge is 2.31. The maximum atomic E-state index is 14.4. The number of allylic oxidation sites excluding steroid dienone is 8. The molecule has 1 fully saturated rings. The summed E-state index contributed by atoms with van der Waals surface area (Å²) >= 11 is 0. The van der Waals surface area contributed by atoms with Crippen molar-refractivity contribution in [2.24, 2.45) is 35.5 Å². The highest BCUT2D eigenvalue weighted by atomic mass is 19.4. The van der Waals surface area contributed by atoms with Gasteiger partial charge in [0.25, 0.3) is 0 Å². The number of aryl methyl sites for hydroxylation is 1. The Morgan fingerprint density at radius 1 is 0.408 bits per heavy atom. The summed E-state index contributed by atoms with van der Waals surface area (Å²) in [5, 5.41) is 67.9. The summed E-state index contributed by atoms with van der Waals surface area (Å²) in [5.74, 6) is 0.316. The van der Waals surface area contributed by atoms with Crippen LogP contribution in [0.3, 0.4) is 0 Å². The van der Waals surface area contributed by atoms with Gasteiger partial charge in [-0.2, -0.15) is 69.9 Å². The number of nitriles is 4. The topological polar surface area (TPSA) is 279 Å². The van der Waals surface area contributed by atoms with Gasteiger partial charge in [-0.3, -0.25) is 34.0 Å². The van der Waals surface area contributed by atoms with Crippen LogP contribution in [0.5, 0.6) is 5.75 Å². The van der Waals surface area contributed by atoms with Gasteiger partial charge in [0, 0.05) is 120 Å². The van der Waals surface area contributed by atoms with E-state index in [0.29, 0.717) is 41.1 Å². The molecule has 4 atom stereocenters.